The molecule has 0 radical (unpaired) electrons. The van der Waals surface area contributed by atoms with E-state index in [-0.39, 0.29) is 6.61 Å². The molecule has 2 N–H and O–H groups in total. The third kappa shape index (κ3) is 6.12. The fourth-order valence-electron chi connectivity index (χ4n) is 2.42. The van der Waals surface area contributed by atoms with Crippen LogP contribution in [0.4, 0.5) is 0 Å². The van der Waals surface area contributed by atoms with Gasteiger partial charge in [-0.25, -0.2) is 4.99 Å². The summed E-state index contributed by atoms with van der Waals surface area (Å²) < 4.78 is 5.75. The van der Waals surface area contributed by atoms with Gasteiger partial charge in [-0.1, -0.05) is 42.5 Å². The number of para-hydroxylation sites is 1. The Labute approximate surface area is 150 Å². The molecule has 0 spiro atoms. The number of hydrogen-bond acceptors (Lipinski definition) is 3. The van der Waals surface area contributed by atoms with E-state index < -0.39 is 0 Å². The molecule has 25 heavy (non-hydrogen) atoms. The molecule has 5 heteroatoms. The van der Waals surface area contributed by atoms with Crippen molar-refractivity contribution in [2.45, 2.75) is 20.1 Å². The van der Waals surface area contributed by atoms with E-state index >= 15 is 0 Å². The number of ether oxygens (including phenoxy) is 1. The minimum Gasteiger partial charge on any atom is -0.492 e. The van der Waals surface area contributed by atoms with Crippen LogP contribution in [0.15, 0.2) is 59.6 Å². The van der Waals surface area contributed by atoms with Crippen LogP contribution in [0.2, 0.25) is 0 Å². The van der Waals surface area contributed by atoms with Crippen molar-refractivity contribution in [3.63, 3.8) is 0 Å². The second-order valence-electron chi connectivity index (χ2n) is 5.68. The highest BCUT2D eigenvalue weighted by Gasteiger charge is 2.07. The molecule has 0 atom stereocenters. The topological polar surface area (TPSA) is 57.1 Å². The first-order valence-corrected chi connectivity index (χ1v) is 8.59. The first-order chi connectivity index (χ1) is 12.2. The van der Waals surface area contributed by atoms with Crippen LogP contribution >= 0.6 is 0 Å². The highest BCUT2D eigenvalue weighted by molar-refractivity contribution is 5.79. The minimum absolute atomic E-state index is 0.0307. The molecule has 0 unspecified atom stereocenters. The summed E-state index contributed by atoms with van der Waals surface area (Å²) in [6.07, 6.45) is 0. The quantitative estimate of drug-likeness (QED) is 0.572. The van der Waals surface area contributed by atoms with Gasteiger partial charge in [0.2, 0.25) is 0 Å². The lowest BCUT2D eigenvalue weighted by Crippen LogP contribution is -2.40. The molecule has 5 nitrogen and oxygen atoms in total. The van der Waals surface area contributed by atoms with E-state index in [9.17, 15) is 5.11 Å². The molecule has 2 aromatic carbocycles. The van der Waals surface area contributed by atoms with Crippen molar-refractivity contribution >= 4 is 5.96 Å². The average molecular weight is 341 g/mol. The zero-order valence-corrected chi connectivity index (χ0v) is 15.0. The standard InChI is InChI=1S/C20H27N3O2/c1-3-21-20(22-15-17-9-7-8-10-18(17)16-24)23(2)13-14-25-19-11-5-4-6-12-19/h4-12,24H,3,13-16H2,1-2H3,(H,21,22). The summed E-state index contributed by atoms with van der Waals surface area (Å²) in [5.41, 5.74) is 1.95. The van der Waals surface area contributed by atoms with Gasteiger partial charge in [-0.05, 0) is 30.2 Å². The minimum atomic E-state index is 0.0307. The number of aliphatic hydroxyl groups excluding tert-OH is 1. The van der Waals surface area contributed by atoms with E-state index in [2.05, 4.69) is 10.3 Å². The van der Waals surface area contributed by atoms with Gasteiger partial charge < -0.3 is 20.1 Å². The van der Waals surface area contributed by atoms with E-state index in [1.165, 1.54) is 0 Å². The molecular formula is C20H27N3O2. The summed E-state index contributed by atoms with van der Waals surface area (Å²) in [7, 11) is 1.99. The third-order valence-corrected chi connectivity index (χ3v) is 3.82. The monoisotopic (exact) mass is 341 g/mol. The fraction of sp³-hybridized carbons (Fsp3) is 0.350. The summed E-state index contributed by atoms with van der Waals surface area (Å²) in [6.45, 7) is 4.71. The summed E-state index contributed by atoms with van der Waals surface area (Å²) in [5.74, 6) is 1.70. The Kier molecular flexibility index (Phi) is 7.79. The summed E-state index contributed by atoms with van der Waals surface area (Å²) in [6, 6.07) is 17.6. The lowest BCUT2D eigenvalue weighted by atomic mass is 10.1. The number of rotatable bonds is 8. The largest absolute Gasteiger partial charge is 0.492 e. The van der Waals surface area contributed by atoms with Crippen molar-refractivity contribution < 1.29 is 9.84 Å². The van der Waals surface area contributed by atoms with Gasteiger partial charge in [0.15, 0.2) is 5.96 Å². The molecule has 0 aliphatic heterocycles. The van der Waals surface area contributed by atoms with Gasteiger partial charge in [-0.15, -0.1) is 0 Å². The first kappa shape index (κ1) is 18.8. The molecule has 134 valence electrons. The number of aliphatic hydroxyl groups is 1. The number of nitrogens with zero attached hydrogens (tertiary/aromatic N) is 2. The zero-order chi connectivity index (χ0) is 17.9. The van der Waals surface area contributed by atoms with Crippen molar-refractivity contribution in [3.8, 4) is 5.75 Å². The maximum absolute atomic E-state index is 9.43. The van der Waals surface area contributed by atoms with Crippen molar-refractivity contribution in [3.05, 3.63) is 65.7 Å². The van der Waals surface area contributed by atoms with Gasteiger partial charge >= 0.3 is 0 Å². The van der Waals surface area contributed by atoms with E-state index in [1.807, 2.05) is 73.5 Å². The Morgan fingerprint density at radius 2 is 1.76 bits per heavy atom. The van der Waals surface area contributed by atoms with E-state index in [0.29, 0.717) is 13.2 Å². The van der Waals surface area contributed by atoms with Gasteiger partial charge in [-0.3, -0.25) is 0 Å². The molecule has 0 aromatic heterocycles. The molecule has 0 amide bonds. The van der Waals surface area contributed by atoms with E-state index in [0.717, 1.165) is 35.9 Å². The molecule has 0 aliphatic rings. The van der Waals surface area contributed by atoms with Crippen molar-refractivity contribution in [1.82, 2.24) is 10.2 Å². The Balaban J connectivity index is 1.93. The molecular weight excluding hydrogens is 314 g/mol. The van der Waals surface area contributed by atoms with Gasteiger partial charge in [0, 0.05) is 13.6 Å². The number of guanidine groups is 1. The number of hydrogen-bond donors (Lipinski definition) is 2. The van der Waals surface area contributed by atoms with Crippen LogP contribution in [0.25, 0.3) is 0 Å². The second kappa shape index (κ2) is 10.4. The number of aliphatic imine (C=N–C) groups is 1. The smallest absolute Gasteiger partial charge is 0.194 e. The highest BCUT2D eigenvalue weighted by Crippen LogP contribution is 2.10. The fourth-order valence-corrected chi connectivity index (χ4v) is 2.42. The first-order valence-electron chi connectivity index (χ1n) is 8.59. The molecule has 0 bridgehead atoms. The number of benzene rings is 2. The average Bonchev–Trinajstić information content (AvgIpc) is 2.66. The Hall–Kier alpha value is -2.53. The summed E-state index contributed by atoms with van der Waals surface area (Å²) in [4.78, 5) is 6.73. The van der Waals surface area contributed by atoms with E-state index in [1.54, 1.807) is 0 Å². The number of likely N-dealkylation sites (N-methyl/N-ethyl adjacent to an activating group) is 1. The second-order valence-corrected chi connectivity index (χ2v) is 5.68. The number of nitrogens with one attached hydrogen (secondary N) is 1. The van der Waals surface area contributed by atoms with Crippen LogP contribution in [0, 0.1) is 0 Å². The van der Waals surface area contributed by atoms with E-state index in [4.69, 9.17) is 4.74 Å². The van der Waals surface area contributed by atoms with Crippen LogP contribution in [-0.2, 0) is 13.2 Å². The molecule has 0 heterocycles. The predicted octanol–water partition coefficient (Wildman–Crippen LogP) is 2.66. The van der Waals surface area contributed by atoms with Crippen LogP contribution in [0.5, 0.6) is 5.75 Å². The molecule has 0 aliphatic carbocycles. The lowest BCUT2D eigenvalue weighted by Gasteiger charge is -2.22. The van der Waals surface area contributed by atoms with Crippen molar-refractivity contribution in [2.75, 3.05) is 26.7 Å². The van der Waals surface area contributed by atoms with Crippen LogP contribution in [0.3, 0.4) is 0 Å². The third-order valence-electron chi connectivity index (χ3n) is 3.82. The molecule has 2 aromatic rings. The molecule has 0 saturated carbocycles. The highest BCUT2D eigenvalue weighted by atomic mass is 16.5. The van der Waals surface area contributed by atoms with Crippen LogP contribution in [0.1, 0.15) is 18.1 Å². The van der Waals surface area contributed by atoms with Crippen LogP contribution in [-0.4, -0.2) is 42.7 Å². The lowest BCUT2D eigenvalue weighted by molar-refractivity contribution is 0.280. The maximum atomic E-state index is 9.43. The van der Waals surface area contributed by atoms with Gasteiger partial charge in [0.1, 0.15) is 12.4 Å². The van der Waals surface area contributed by atoms with Gasteiger partial charge in [0.05, 0.1) is 19.7 Å². The van der Waals surface area contributed by atoms with Gasteiger partial charge in [-0.2, -0.15) is 0 Å². The molecule has 0 saturated heterocycles. The normalized spacial score (nSPS) is 11.2. The maximum Gasteiger partial charge on any atom is 0.194 e. The Morgan fingerprint density at radius 3 is 2.44 bits per heavy atom. The molecule has 0 fully saturated rings. The van der Waals surface area contributed by atoms with Crippen molar-refractivity contribution in [2.24, 2.45) is 4.99 Å². The Morgan fingerprint density at radius 1 is 1.08 bits per heavy atom. The summed E-state index contributed by atoms with van der Waals surface area (Å²) in [5, 5.41) is 12.7. The predicted molar refractivity (Wildman–Crippen MR) is 102 cm³/mol. The Bertz CT molecular complexity index is 659. The summed E-state index contributed by atoms with van der Waals surface area (Å²) >= 11 is 0. The molecule has 2 rings (SSSR count). The van der Waals surface area contributed by atoms with Gasteiger partial charge in [0.25, 0.3) is 0 Å². The van der Waals surface area contributed by atoms with Crippen LogP contribution < -0.4 is 10.1 Å². The zero-order valence-electron chi connectivity index (χ0n) is 15.0. The van der Waals surface area contributed by atoms with Crippen molar-refractivity contribution in [1.29, 1.82) is 0 Å². The SMILES string of the molecule is CCNC(=NCc1ccccc1CO)N(C)CCOc1ccccc1.